The summed E-state index contributed by atoms with van der Waals surface area (Å²) in [7, 11) is 0. The number of nitrogens with zero attached hydrogens (tertiary/aromatic N) is 2. The van der Waals surface area contributed by atoms with Gasteiger partial charge in [0, 0.05) is 18.1 Å². The lowest BCUT2D eigenvalue weighted by Gasteiger charge is -2.26. The minimum Gasteiger partial charge on any atom is -0.492 e. The fourth-order valence-electron chi connectivity index (χ4n) is 3.62. The second-order valence-corrected chi connectivity index (χ2v) is 7.97. The Hall–Kier alpha value is -3.61. The van der Waals surface area contributed by atoms with E-state index in [-0.39, 0.29) is 5.56 Å². The molecule has 0 aliphatic rings. The van der Waals surface area contributed by atoms with Crippen LogP contribution in [0.2, 0.25) is 0 Å². The molecule has 0 spiro atoms. The Balaban J connectivity index is 1.64. The molecule has 0 radical (unpaired) electrons. The van der Waals surface area contributed by atoms with Crippen LogP contribution >= 0.6 is 0 Å². The number of ether oxygens (including phenoxy) is 2. The summed E-state index contributed by atoms with van der Waals surface area (Å²) in [6.45, 7) is 6.12. The van der Waals surface area contributed by atoms with E-state index in [1.54, 1.807) is 41.8 Å². The fraction of sp³-hybridized carbons (Fsp3) is 0.346. The van der Waals surface area contributed by atoms with E-state index >= 15 is 0 Å². The van der Waals surface area contributed by atoms with Crippen LogP contribution in [0.5, 0.6) is 11.5 Å². The number of hydrogen-bond acceptors (Lipinski definition) is 5. The van der Waals surface area contributed by atoms with Gasteiger partial charge in [-0.25, -0.2) is 9.78 Å². The highest BCUT2D eigenvalue weighted by atomic mass is 16.5. The van der Waals surface area contributed by atoms with Gasteiger partial charge in [0.25, 0.3) is 5.56 Å². The van der Waals surface area contributed by atoms with Crippen LogP contribution in [-0.2, 0) is 17.8 Å². The lowest BCUT2D eigenvalue weighted by atomic mass is 10.0. The van der Waals surface area contributed by atoms with Crippen molar-refractivity contribution in [1.29, 1.82) is 0 Å². The molecule has 3 aromatic rings. The molecule has 7 heteroatoms. The zero-order chi connectivity index (χ0) is 23.8. The molecule has 1 unspecified atom stereocenters. The highest BCUT2D eigenvalue weighted by Crippen LogP contribution is 2.25. The summed E-state index contributed by atoms with van der Waals surface area (Å²) in [4.78, 5) is 28.9. The van der Waals surface area contributed by atoms with Gasteiger partial charge in [0.15, 0.2) is 0 Å². The highest BCUT2D eigenvalue weighted by molar-refractivity contribution is 5.77. The van der Waals surface area contributed by atoms with Gasteiger partial charge in [-0.15, -0.1) is 0 Å². The van der Waals surface area contributed by atoms with Crippen molar-refractivity contribution in [2.24, 2.45) is 0 Å². The molecule has 174 valence electrons. The molecule has 7 nitrogen and oxygen atoms in total. The van der Waals surface area contributed by atoms with Crippen molar-refractivity contribution in [2.75, 3.05) is 6.61 Å². The molecule has 2 aromatic carbocycles. The fourth-order valence-corrected chi connectivity index (χ4v) is 3.62. The van der Waals surface area contributed by atoms with Gasteiger partial charge in [0.1, 0.15) is 23.9 Å². The van der Waals surface area contributed by atoms with Crippen LogP contribution in [0.3, 0.4) is 0 Å². The first kappa shape index (κ1) is 24.0. The van der Waals surface area contributed by atoms with Gasteiger partial charge in [-0.05, 0) is 37.6 Å². The molecule has 3 rings (SSSR count). The zero-order valence-corrected chi connectivity index (χ0v) is 19.3. The number of carboxylic acid groups (broad SMARTS) is 1. The van der Waals surface area contributed by atoms with Gasteiger partial charge in [0.05, 0.1) is 12.2 Å². The Morgan fingerprint density at radius 1 is 1.06 bits per heavy atom. The van der Waals surface area contributed by atoms with Gasteiger partial charge in [-0.2, -0.15) is 0 Å². The molecule has 1 heterocycles. The lowest BCUT2D eigenvalue weighted by Crippen LogP contribution is -2.41. The molecule has 0 saturated carbocycles. The van der Waals surface area contributed by atoms with Gasteiger partial charge in [-0.1, -0.05) is 50.6 Å². The maximum atomic E-state index is 12.7. The number of aryl methyl sites for hydroxylation is 1. The standard InChI is InChI=1S/C26H30N2O5/c1-4-15-26(3,25(30)31)33-21-13-11-20(12-14-21)32-17-16-28-23(5-2)27-22(18-24(28)29)19-9-7-6-8-10-19/h6-14,18H,4-5,15-17H2,1-3H3,(H,30,31). The molecule has 0 aliphatic carbocycles. The third-order valence-corrected chi connectivity index (χ3v) is 5.40. The second kappa shape index (κ2) is 10.8. The SMILES string of the molecule is CCCC(C)(Oc1ccc(OCCn2c(CC)nc(-c3ccccc3)cc2=O)cc1)C(=O)O. The van der Waals surface area contributed by atoms with Crippen molar-refractivity contribution in [1.82, 2.24) is 9.55 Å². The quantitative estimate of drug-likeness (QED) is 0.460. The smallest absolute Gasteiger partial charge is 0.347 e. The van der Waals surface area contributed by atoms with E-state index in [1.165, 1.54) is 0 Å². The van der Waals surface area contributed by atoms with E-state index in [0.717, 1.165) is 5.56 Å². The highest BCUT2D eigenvalue weighted by Gasteiger charge is 2.34. The summed E-state index contributed by atoms with van der Waals surface area (Å²) in [6.07, 6.45) is 1.73. The molecule has 0 aliphatic heterocycles. The maximum absolute atomic E-state index is 12.7. The van der Waals surface area contributed by atoms with Crippen LogP contribution in [0.15, 0.2) is 65.5 Å². The van der Waals surface area contributed by atoms with Crippen molar-refractivity contribution in [3.8, 4) is 22.8 Å². The minimum absolute atomic E-state index is 0.114. The molecule has 0 amide bonds. The molecule has 1 aromatic heterocycles. The molecule has 1 atom stereocenters. The summed E-state index contributed by atoms with van der Waals surface area (Å²) >= 11 is 0. The van der Waals surface area contributed by atoms with Crippen LogP contribution < -0.4 is 15.0 Å². The average Bonchev–Trinajstić information content (AvgIpc) is 2.81. The normalized spacial score (nSPS) is 12.7. The van der Waals surface area contributed by atoms with Gasteiger partial charge < -0.3 is 14.6 Å². The Kier molecular flexibility index (Phi) is 7.87. The largest absolute Gasteiger partial charge is 0.492 e. The number of aromatic nitrogens is 2. The zero-order valence-electron chi connectivity index (χ0n) is 19.3. The van der Waals surface area contributed by atoms with E-state index in [9.17, 15) is 14.7 Å². The van der Waals surface area contributed by atoms with Gasteiger partial charge >= 0.3 is 5.97 Å². The average molecular weight is 451 g/mol. The van der Waals surface area contributed by atoms with Crippen molar-refractivity contribution >= 4 is 5.97 Å². The Morgan fingerprint density at radius 3 is 2.33 bits per heavy atom. The molecule has 0 saturated heterocycles. The van der Waals surface area contributed by atoms with Crippen LogP contribution in [-0.4, -0.2) is 32.8 Å². The number of carbonyl (C=O) groups is 1. The number of carboxylic acids is 1. The summed E-state index contributed by atoms with van der Waals surface area (Å²) < 4.78 is 13.1. The molecule has 33 heavy (non-hydrogen) atoms. The molecular weight excluding hydrogens is 420 g/mol. The van der Waals surface area contributed by atoms with Crippen molar-refractivity contribution < 1.29 is 19.4 Å². The summed E-state index contributed by atoms with van der Waals surface area (Å²) in [5, 5.41) is 9.47. The van der Waals surface area contributed by atoms with E-state index in [2.05, 4.69) is 4.98 Å². The van der Waals surface area contributed by atoms with Crippen LogP contribution in [0.25, 0.3) is 11.3 Å². The third-order valence-electron chi connectivity index (χ3n) is 5.40. The van der Waals surface area contributed by atoms with Crippen LogP contribution in [0.1, 0.15) is 39.4 Å². The molecule has 0 bridgehead atoms. The summed E-state index contributed by atoms with van der Waals surface area (Å²) in [5.41, 5.74) is 0.194. The number of aliphatic carboxylic acids is 1. The van der Waals surface area contributed by atoms with Crippen molar-refractivity contribution in [2.45, 2.75) is 52.2 Å². The van der Waals surface area contributed by atoms with E-state index < -0.39 is 11.6 Å². The van der Waals surface area contributed by atoms with E-state index in [4.69, 9.17) is 9.47 Å². The van der Waals surface area contributed by atoms with Crippen molar-refractivity contribution in [3.05, 3.63) is 76.8 Å². The Labute approximate surface area is 193 Å². The van der Waals surface area contributed by atoms with Crippen LogP contribution in [0.4, 0.5) is 0 Å². The summed E-state index contributed by atoms with van der Waals surface area (Å²) in [5.74, 6) is 0.784. The topological polar surface area (TPSA) is 90.7 Å². The first-order valence-electron chi connectivity index (χ1n) is 11.2. The summed E-state index contributed by atoms with van der Waals surface area (Å²) in [6, 6.07) is 18.0. The molecule has 0 fully saturated rings. The second-order valence-electron chi connectivity index (χ2n) is 7.97. The number of benzene rings is 2. The first-order valence-corrected chi connectivity index (χ1v) is 11.2. The van der Waals surface area contributed by atoms with Crippen LogP contribution in [0, 0.1) is 0 Å². The van der Waals surface area contributed by atoms with Crippen molar-refractivity contribution in [3.63, 3.8) is 0 Å². The number of hydrogen-bond donors (Lipinski definition) is 1. The van der Waals surface area contributed by atoms with E-state index in [1.807, 2.05) is 44.2 Å². The molecule has 1 N–H and O–H groups in total. The lowest BCUT2D eigenvalue weighted by molar-refractivity contribution is -0.154. The first-order chi connectivity index (χ1) is 15.9. The van der Waals surface area contributed by atoms with Gasteiger partial charge in [0.2, 0.25) is 5.60 Å². The minimum atomic E-state index is -1.27. The Bertz CT molecular complexity index is 1130. The third kappa shape index (κ3) is 6.00. The predicted octanol–water partition coefficient (Wildman–Crippen LogP) is 4.57. The van der Waals surface area contributed by atoms with Gasteiger partial charge in [-0.3, -0.25) is 9.36 Å². The monoisotopic (exact) mass is 450 g/mol. The number of rotatable bonds is 11. The molecular formula is C26H30N2O5. The maximum Gasteiger partial charge on any atom is 0.347 e. The Morgan fingerprint density at radius 2 is 1.73 bits per heavy atom. The van der Waals surface area contributed by atoms with E-state index in [0.29, 0.717) is 55.4 Å². The predicted molar refractivity (Wildman–Crippen MR) is 127 cm³/mol.